The van der Waals surface area contributed by atoms with E-state index in [1.165, 1.54) is 12.4 Å². The molecule has 242 valence electrons. The number of pyridine rings is 2. The zero-order valence-corrected chi connectivity index (χ0v) is 27.7. The smallest absolute Gasteiger partial charge is 0.220 e. The first-order valence-corrected chi connectivity index (χ1v) is 15.9. The van der Waals surface area contributed by atoms with Gasteiger partial charge in [0.1, 0.15) is 24.3 Å². The van der Waals surface area contributed by atoms with Gasteiger partial charge >= 0.3 is 0 Å². The van der Waals surface area contributed by atoms with Crippen LogP contribution in [0.4, 0.5) is 11.4 Å². The Morgan fingerprint density at radius 2 is 1.04 bits per heavy atom. The van der Waals surface area contributed by atoms with E-state index < -0.39 is 0 Å². The van der Waals surface area contributed by atoms with Gasteiger partial charge in [0.05, 0.1) is 65.0 Å². The monoisotopic (exact) mass is 684 g/mol. The number of fused-ring (bicyclic) bond motifs is 2. The molecule has 10 heteroatoms. The molecule has 3 aromatic carbocycles. The van der Waals surface area contributed by atoms with E-state index >= 15 is 0 Å². The Morgan fingerprint density at radius 1 is 0.519 bits per heavy atom. The van der Waals surface area contributed by atoms with Crippen LogP contribution < -0.4 is 0 Å². The van der Waals surface area contributed by atoms with Crippen LogP contribution in [0.15, 0.2) is 97.3 Å². The lowest BCUT2D eigenvalue weighted by molar-refractivity contribution is 1.26. The zero-order valence-electron chi connectivity index (χ0n) is 27.7. The van der Waals surface area contributed by atoms with Crippen molar-refractivity contribution in [2.24, 2.45) is 0 Å². The highest BCUT2D eigenvalue weighted by Crippen LogP contribution is 2.56. The van der Waals surface area contributed by atoms with Gasteiger partial charge in [-0.15, -0.1) is 0 Å². The minimum atomic E-state index is 0.0957. The van der Waals surface area contributed by atoms with E-state index in [0.29, 0.717) is 72.5 Å². The fraction of sp³-hybridized carbons (Fsp3) is 0. The number of rotatable bonds is 4. The molecule has 2 heterocycles. The van der Waals surface area contributed by atoms with Crippen LogP contribution in [0.5, 0.6) is 0 Å². The van der Waals surface area contributed by atoms with Crippen LogP contribution in [0.25, 0.3) is 59.2 Å². The lowest BCUT2D eigenvalue weighted by Crippen LogP contribution is -1.97. The molecule has 0 spiro atoms. The van der Waals surface area contributed by atoms with Crippen LogP contribution in [0.2, 0.25) is 0 Å². The maximum absolute atomic E-state index is 10.8. The van der Waals surface area contributed by atoms with Gasteiger partial charge in [-0.25, -0.2) is 14.5 Å². The van der Waals surface area contributed by atoms with Gasteiger partial charge in [0.25, 0.3) is 0 Å². The minimum absolute atomic E-state index is 0.0957. The average Bonchev–Trinajstić information content (AvgIpc) is 3.72. The highest BCUT2D eigenvalue weighted by Gasteiger charge is 2.37. The molecule has 0 amide bonds. The Morgan fingerprint density at radius 3 is 1.52 bits per heavy atom. The van der Waals surface area contributed by atoms with Gasteiger partial charge in [-0.1, -0.05) is 42.5 Å². The zero-order chi connectivity index (χ0) is 37.9. The van der Waals surface area contributed by atoms with Gasteiger partial charge in [0, 0.05) is 34.7 Å². The van der Waals surface area contributed by atoms with E-state index in [9.17, 15) is 26.3 Å². The van der Waals surface area contributed by atoms with Gasteiger partial charge in [0.2, 0.25) is 11.4 Å². The summed E-state index contributed by atoms with van der Waals surface area (Å²) in [6.07, 6.45) is 2.72. The van der Waals surface area contributed by atoms with Crippen LogP contribution in [0.3, 0.4) is 0 Å². The van der Waals surface area contributed by atoms with Gasteiger partial charge in [-0.3, -0.25) is 9.97 Å². The third-order valence-electron chi connectivity index (χ3n) is 9.03. The van der Waals surface area contributed by atoms with Crippen LogP contribution in [-0.4, -0.2) is 9.97 Å². The molecule has 0 saturated heterocycles. The molecule has 0 aliphatic heterocycles. The third-order valence-corrected chi connectivity index (χ3v) is 9.03. The third kappa shape index (κ3) is 5.31. The van der Waals surface area contributed by atoms with E-state index in [1.807, 2.05) is 6.07 Å². The quantitative estimate of drug-likeness (QED) is 0.135. The van der Waals surface area contributed by atoms with E-state index in [4.69, 9.17) is 19.7 Å². The standard InChI is InChI=1S/C44H16N10/c1-50-29-11-9-28(10-12-29)40-35(20-47)31-17-34-32(16-33(31)42(40)37(22-49)38-15-13-30(51-2)24-54-38)36(21-48)41(27-7-4-25(18-45)5-8-27)43(34)44(52-3)39-14-6-26(19-46)23-53-39/h4-17,23-24H/b42-37-,44-43+. The minimum Gasteiger partial charge on any atom is -0.267 e. The number of aromatic nitrogens is 2. The van der Waals surface area contributed by atoms with Crippen molar-refractivity contribution in [1.82, 2.24) is 9.97 Å². The summed E-state index contributed by atoms with van der Waals surface area (Å²) in [6.45, 7) is 23.1. The molecule has 5 aromatic rings. The summed E-state index contributed by atoms with van der Waals surface area (Å²) in [5.74, 6) is 0. The molecular weight excluding hydrogens is 669 g/mol. The predicted octanol–water partition coefficient (Wildman–Crippen LogP) is 9.44. The maximum atomic E-state index is 10.8. The lowest BCUT2D eigenvalue weighted by Gasteiger charge is -2.14. The largest absolute Gasteiger partial charge is 0.267 e. The second kappa shape index (κ2) is 13.6. The van der Waals surface area contributed by atoms with E-state index in [0.717, 1.165) is 0 Å². The first-order chi connectivity index (χ1) is 26.4. The fourth-order valence-electron chi connectivity index (χ4n) is 6.63. The van der Waals surface area contributed by atoms with Gasteiger partial charge in [-0.2, -0.15) is 26.3 Å². The molecule has 10 nitrogen and oxygen atoms in total. The summed E-state index contributed by atoms with van der Waals surface area (Å²) in [6, 6.07) is 34.0. The van der Waals surface area contributed by atoms with Crippen molar-refractivity contribution < 1.29 is 0 Å². The fourth-order valence-corrected chi connectivity index (χ4v) is 6.63. The van der Waals surface area contributed by atoms with Crippen LogP contribution in [-0.2, 0) is 0 Å². The maximum Gasteiger partial charge on any atom is 0.220 e. The number of hydrogen-bond acceptors (Lipinski definition) is 7. The molecule has 0 saturated carbocycles. The van der Waals surface area contributed by atoms with Crippen LogP contribution >= 0.6 is 0 Å². The van der Waals surface area contributed by atoms with Crippen molar-refractivity contribution in [3.8, 4) is 30.3 Å². The number of allylic oxidation sites excluding steroid dienone is 7. The molecule has 7 rings (SSSR count). The summed E-state index contributed by atoms with van der Waals surface area (Å²) >= 11 is 0. The van der Waals surface area contributed by atoms with E-state index in [-0.39, 0.29) is 39.5 Å². The number of nitrogens with zero attached hydrogens (tertiary/aromatic N) is 10. The van der Waals surface area contributed by atoms with Gasteiger partial charge in [-0.05, 0) is 75.9 Å². The van der Waals surface area contributed by atoms with E-state index in [1.54, 1.807) is 84.9 Å². The summed E-state index contributed by atoms with van der Waals surface area (Å²) in [4.78, 5) is 19.6. The first kappa shape index (κ1) is 33.3. The Hall–Kier alpha value is -9.16. The summed E-state index contributed by atoms with van der Waals surface area (Å²) in [5, 5.41) is 51.3. The second-order valence-corrected chi connectivity index (χ2v) is 11.8. The average molecular weight is 685 g/mol. The van der Waals surface area contributed by atoms with Crippen molar-refractivity contribution in [3.05, 3.63) is 187 Å². The Kier molecular flexibility index (Phi) is 8.41. The molecule has 2 aliphatic carbocycles. The molecule has 0 atom stereocenters. The SMILES string of the molecule is [C-]#[N+]/C(=C1/C(c2ccc(C#N)cc2)=C(C#N)c2cc3c(cc21)C(C#N)=C(c1ccc([N+]#[C-])cc1)/C3=C(/C#N)c1ccc([N+]#[C-])cn1)c1ccc(C#N)cn1. The molecule has 0 bridgehead atoms. The van der Waals surface area contributed by atoms with Crippen molar-refractivity contribution in [1.29, 1.82) is 26.3 Å². The van der Waals surface area contributed by atoms with Gasteiger partial charge < -0.3 is 0 Å². The van der Waals surface area contributed by atoms with Gasteiger partial charge in [0.15, 0.2) is 5.69 Å². The first-order valence-electron chi connectivity index (χ1n) is 15.9. The lowest BCUT2D eigenvalue weighted by atomic mass is 9.89. The number of hydrogen-bond donors (Lipinski definition) is 0. The summed E-state index contributed by atoms with van der Waals surface area (Å²) in [5.41, 5.74) is 7.03. The van der Waals surface area contributed by atoms with E-state index in [2.05, 4.69) is 48.8 Å². The Balaban J connectivity index is 1.61. The van der Waals surface area contributed by atoms with Crippen LogP contribution in [0, 0.1) is 76.4 Å². The normalized spacial score (nSPS) is 14.1. The molecule has 0 fully saturated rings. The number of benzene rings is 3. The highest BCUT2D eigenvalue weighted by atomic mass is 14.8. The van der Waals surface area contributed by atoms with Crippen molar-refractivity contribution >= 4 is 56.1 Å². The summed E-state index contributed by atoms with van der Waals surface area (Å²) < 4.78 is 0. The highest BCUT2D eigenvalue weighted by molar-refractivity contribution is 6.33. The molecule has 2 aliphatic rings. The Bertz CT molecular complexity index is 2750. The predicted molar refractivity (Wildman–Crippen MR) is 200 cm³/mol. The molecular formula is C44H16N10. The second-order valence-electron chi connectivity index (χ2n) is 11.8. The Labute approximate surface area is 309 Å². The van der Waals surface area contributed by atoms with Crippen LogP contribution in [0.1, 0.15) is 55.9 Å². The molecule has 2 aromatic heterocycles. The van der Waals surface area contributed by atoms with Crippen molar-refractivity contribution in [2.45, 2.75) is 0 Å². The molecule has 0 N–H and O–H groups in total. The van der Waals surface area contributed by atoms with Crippen molar-refractivity contribution in [3.63, 3.8) is 0 Å². The summed E-state index contributed by atoms with van der Waals surface area (Å²) in [7, 11) is 0. The molecule has 0 unspecified atom stereocenters. The van der Waals surface area contributed by atoms with Crippen molar-refractivity contribution in [2.75, 3.05) is 0 Å². The molecule has 0 radical (unpaired) electrons. The molecule has 54 heavy (non-hydrogen) atoms. The number of nitriles is 5. The topological polar surface area (TPSA) is 158 Å².